The molecule has 2 aromatic rings. The van der Waals surface area contributed by atoms with Crippen molar-refractivity contribution in [1.29, 1.82) is 0 Å². The SMILES string of the molecule is CCC(=O)c1cccc(-c2c(Cl)cc(Cl)c(Cl)c2Cl)c1. The normalized spacial score (nSPS) is 10.7. The smallest absolute Gasteiger partial charge is 0.162 e. The molecule has 0 heterocycles. The number of rotatable bonds is 3. The first kappa shape index (κ1) is 15.7. The van der Waals surface area contributed by atoms with Crippen LogP contribution >= 0.6 is 46.4 Å². The first-order valence-electron chi connectivity index (χ1n) is 5.92. The maximum atomic E-state index is 11.8. The molecule has 0 aromatic heterocycles. The number of hydrogen-bond donors (Lipinski definition) is 0. The van der Waals surface area contributed by atoms with Gasteiger partial charge in [0.15, 0.2) is 5.78 Å². The average Bonchev–Trinajstić information content (AvgIpc) is 2.44. The van der Waals surface area contributed by atoms with Crippen molar-refractivity contribution in [2.24, 2.45) is 0 Å². The van der Waals surface area contributed by atoms with Crippen LogP contribution in [0.2, 0.25) is 20.1 Å². The van der Waals surface area contributed by atoms with Crippen LogP contribution < -0.4 is 0 Å². The summed E-state index contributed by atoms with van der Waals surface area (Å²) >= 11 is 24.4. The van der Waals surface area contributed by atoms with E-state index in [0.29, 0.717) is 27.6 Å². The van der Waals surface area contributed by atoms with Gasteiger partial charge in [0.05, 0.1) is 20.1 Å². The first-order chi connectivity index (χ1) is 9.45. The molecule has 0 saturated heterocycles. The molecule has 1 nitrogen and oxygen atoms in total. The molecule has 0 fully saturated rings. The molecule has 0 atom stereocenters. The fourth-order valence-electron chi connectivity index (χ4n) is 1.88. The van der Waals surface area contributed by atoms with E-state index in [1.165, 1.54) is 0 Å². The van der Waals surface area contributed by atoms with Crippen molar-refractivity contribution < 1.29 is 4.79 Å². The Labute approximate surface area is 137 Å². The van der Waals surface area contributed by atoms with Gasteiger partial charge in [0, 0.05) is 17.5 Å². The monoisotopic (exact) mass is 346 g/mol. The Balaban J connectivity index is 2.63. The number of hydrogen-bond acceptors (Lipinski definition) is 1. The van der Waals surface area contributed by atoms with E-state index in [9.17, 15) is 4.79 Å². The molecule has 2 aromatic carbocycles. The van der Waals surface area contributed by atoms with Crippen molar-refractivity contribution in [2.75, 3.05) is 0 Å². The van der Waals surface area contributed by atoms with Crippen LogP contribution in [0.1, 0.15) is 23.7 Å². The van der Waals surface area contributed by atoms with E-state index in [1.54, 1.807) is 24.3 Å². The highest BCUT2D eigenvalue weighted by molar-refractivity contribution is 6.51. The van der Waals surface area contributed by atoms with Gasteiger partial charge in [-0.25, -0.2) is 0 Å². The summed E-state index contributed by atoms with van der Waals surface area (Å²) in [6.07, 6.45) is 0.437. The third-order valence-corrected chi connectivity index (χ3v) is 4.47. The van der Waals surface area contributed by atoms with Crippen LogP contribution in [0.25, 0.3) is 11.1 Å². The number of halogens is 4. The molecular formula is C15H10Cl4O. The van der Waals surface area contributed by atoms with Gasteiger partial charge in [-0.15, -0.1) is 0 Å². The molecule has 0 aliphatic carbocycles. The minimum atomic E-state index is 0.0548. The van der Waals surface area contributed by atoms with Gasteiger partial charge >= 0.3 is 0 Å². The Morgan fingerprint density at radius 1 is 1.00 bits per heavy atom. The maximum absolute atomic E-state index is 11.8. The van der Waals surface area contributed by atoms with E-state index in [1.807, 2.05) is 13.0 Å². The third-order valence-electron chi connectivity index (χ3n) is 2.91. The van der Waals surface area contributed by atoms with E-state index in [-0.39, 0.29) is 15.8 Å². The second-order valence-electron chi connectivity index (χ2n) is 4.20. The number of carbonyl (C=O) groups excluding carboxylic acids is 1. The molecule has 5 heteroatoms. The van der Waals surface area contributed by atoms with Gasteiger partial charge in [-0.3, -0.25) is 4.79 Å². The van der Waals surface area contributed by atoms with Crippen LogP contribution in [0.4, 0.5) is 0 Å². The summed E-state index contributed by atoms with van der Waals surface area (Å²) in [6.45, 7) is 1.81. The molecule has 20 heavy (non-hydrogen) atoms. The lowest BCUT2D eigenvalue weighted by atomic mass is 10.0. The van der Waals surface area contributed by atoms with Crippen LogP contribution in [0.5, 0.6) is 0 Å². The molecule has 104 valence electrons. The number of ketones is 1. The Bertz CT molecular complexity index is 680. The Hall–Kier alpha value is -0.730. The van der Waals surface area contributed by atoms with Crippen LogP contribution in [0.3, 0.4) is 0 Å². The maximum Gasteiger partial charge on any atom is 0.162 e. The minimum Gasteiger partial charge on any atom is -0.294 e. The van der Waals surface area contributed by atoms with Crippen LogP contribution in [0, 0.1) is 0 Å². The van der Waals surface area contributed by atoms with Crippen molar-refractivity contribution >= 4 is 52.2 Å². The van der Waals surface area contributed by atoms with Crippen molar-refractivity contribution in [3.63, 3.8) is 0 Å². The average molecular weight is 348 g/mol. The third kappa shape index (κ3) is 2.96. The first-order valence-corrected chi connectivity index (χ1v) is 7.43. The molecule has 0 bridgehead atoms. The molecule has 0 radical (unpaired) electrons. The second kappa shape index (κ2) is 6.36. The van der Waals surface area contributed by atoms with Crippen molar-refractivity contribution in [3.8, 4) is 11.1 Å². The Kier molecular flexibility index (Phi) is 4.98. The highest BCUT2D eigenvalue weighted by Gasteiger charge is 2.16. The lowest BCUT2D eigenvalue weighted by Gasteiger charge is -2.11. The lowest BCUT2D eigenvalue weighted by molar-refractivity contribution is 0.0988. The predicted molar refractivity (Wildman–Crippen MR) is 86.5 cm³/mol. The second-order valence-corrected chi connectivity index (χ2v) is 5.77. The fraction of sp³-hybridized carbons (Fsp3) is 0.133. The molecule has 2 rings (SSSR count). The van der Waals surface area contributed by atoms with Gasteiger partial charge in [0.1, 0.15) is 0 Å². The molecule has 0 spiro atoms. The summed E-state index contributed by atoms with van der Waals surface area (Å²) < 4.78 is 0. The minimum absolute atomic E-state index is 0.0548. The Morgan fingerprint density at radius 3 is 2.35 bits per heavy atom. The summed E-state index contributed by atoms with van der Waals surface area (Å²) in [5, 5.41) is 1.22. The van der Waals surface area contributed by atoms with Crippen LogP contribution in [-0.4, -0.2) is 5.78 Å². The van der Waals surface area contributed by atoms with Crippen molar-refractivity contribution in [3.05, 3.63) is 56.0 Å². The number of Topliss-reactive ketones (excluding diaryl/α,β-unsaturated/α-hetero) is 1. The molecule has 0 N–H and O–H groups in total. The zero-order valence-electron chi connectivity index (χ0n) is 10.5. The van der Waals surface area contributed by atoms with Crippen LogP contribution in [-0.2, 0) is 0 Å². The highest BCUT2D eigenvalue weighted by Crippen LogP contribution is 2.43. The zero-order chi connectivity index (χ0) is 14.9. The van der Waals surface area contributed by atoms with E-state index < -0.39 is 0 Å². The van der Waals surface area contributed by atoms with E-state index in [2.05, 4.69) is 0 Å². The fourth-order valence-corrected chi connectivity index (χ4v) is 3.01. The van der Waals surface area contributed by atoms with Gasteiger partial charge in [-0.2, -0.15) is 0 Å². The summed E-state index contributed by atoms with van der Waals surface area (Å²) in [5.41, 5.74) is 1.93. The summed E-state index contributed by atoms with van der Waals surface area (Å²) in [7, 11) is 0. The van der Waals surface area contributed by atoms with Gasteiger partial charge in [-0.1, -0.05) is 71.5 Å². The topological polar surface area (TPSA) is 17.1 Å². The van der Waals surface area contributed by atoms with E-state index in [0.717, 1.165) is 5.56 Å². The lowest BCUT2D eigenvalue weighted by Crippen LogP contribution is -1.96. The van der Waals surface area contributed by atoms with E-state index in [4.69, 9.17) is 46.4 Å². The summed E-state index contributed by atoms with van der Waals surface area (Å²) in [4.78, 5) is 11.8. The Morgan fingerprint density at radius 2 is 1.70 bits per heavy atom. The van der Waals surface area contributed by atoms with Gasteiger partial charge in [0.25, 0.3) is 0 Å². The molecule has 0 aliphatic heterocycles. The molecule has 0 unspecified atom stereocenters. The van der Waals surface area contributed by atoms with Crippen molar-refractivity contribution in [2.45, 2.75) is 13.3 Å². The van der Waals surface area contributed by atoms with E-state index >= 15 is 0 Å². The van der Waals surface area contributed by atoms with Crippen molar-refractivity contribution in [1.82, 2.24) is 0 Å². The van der Waals surface area contributed by atoms with Crippen LogP contribution in [0.15, 0.2) is 30.3 Å². The number of carbonyl (C=O) groups is 1. The molecule has 0 amide bonds. The predicted octanol–water partition coefficient (Wildman–Crippen LogP) is 6.56. The summed E-state index contributed by atoms with van der Waals surface area (Å²) in [5.74, 6) is 0.0548. The van der Waals surface area contributed by atoms with Gasteiger partial charge in [-0.05, 0) is 17.7 Å². The standard InChI is InChI=1S/C15H10Cl4O/c1-2-12(20)8-4-3-5-9(6-8)13-10(16)7-11(17)14(18)15(13)19/h3-7H,2H2,1H3. The molecule has 0 saturated carbocycles. The zero-order valence-corrected chi connectivity index (χ0v) is 13.5. The molecular weight excluding hydrogens is 338 g/mol. The number of benzene rings is 2. The highest BCUT2D eigenvalue weighted by atomic mass is 35.5. The quantitative estimate of drug-likeness (QED) is 0.349. The largest absolute Gasteiger partial charge is 0.294 e. The molecule has 0 aliphatic rings. The summed E-state index contributed by atoms with van der Waals surface area (Å²) in [6, 6.07) is 8.66. The van der Waals surface area contributed by atoms with Gasteiger partial charge in [0.2, 0.25) is 0 Å². The van der Waals surface area contributed by atoms with Gasteiger partial charge < -0.3 is 0 Å².